The number of aromatic nitrogens is 1. The molecule has 1 unspecified atom stereocenters. The summed E-state index contributed by atoms with van der Waals surface area (Å²) in [5.74, 6) is 0. The lowest BCUT2D eigenvalue weighted by Crippen LogP contribution is -2.31. The zero-order valence-corrected chi connectivity index (χ0v) is 13.2. The van der Waals surface area contributed by atoms with Gasteiger partial charge in [-0.25, -0.2) is 0 Å². The van der Waals surface area contributed by atoms with Gasteiger partial charge in [0, 0.05) is 23.5 Å². The van der Waals surface area contributed by atoms with E-state index in [0.717, 1.165) is 36.5 Å². The van der Waals surface area contributed by atoms with Crippen molar-refractivity contribution in [2.24, 2.45) is 0 Å². The molecule has 1 aromatic heterocycles. The maximum absolute atomic E-state index is 6.50. The molecule has 3 aromatic rings. The van der Waals surface area contributed by atoms with E-state index in [4.69, 9.17) is 11.6 Å². The van der Waals surface area contributed by atoms with Crippen LogP contribution in [-0.4, -0.2) is 18.1 Å². The van der Waals surface area contributed by atoms with Crippen LogP contribution in [0.2, 0.25) is 5.02 Å². The van der Waals surface area contributed by atoms with Crippen LogP contribution in [0.3, 0.4) is 0 Å². The second-order valence-electron chi connectivity index (χ2n) is 6.27. The maximum atomic E-state index is 6.50. The van der Waals surface area contributed by atoms with Crippen molar-refractivity contribution < 1.29 is 0 Å². The van der Waals surface area contributed by atoms with Crippen LogP contribution in [0.25, 0.3) is 10.9 Å². The molecule has 1 aliphatic heterocycles. The topological polar surface area (TPSA) is 27.8 Å². The highest BCUT2D eigenvalue weighted by atomic mass is 35.5. The molecule has 2 nitrogen and oxygen atoms in total. The Balaban J connectivity index is 1.80. The SMILES string of the molecule is Clc1cc(C2(Cc3ccccc3)CCNC2)cc2cc[nH]c12. The summed E-state index contributed by atoms with van der Waals surface area (Å²) >= 11 is 6.50. The molecule has 0 aliphatic carbocycles. The van der Waals surface area contributed by atoms with E-state index in [1.54, 1.807) is 0 Å². The number of aromatic amines is 1. The lowest BCUT2D eigenvalue weighted by atomic mass is 9.74. The molecule has 2 heterocycles. The van der Waals surface area contributed by atoms with Gasteiger partial charge in [-0.05, 0) is 48.7 Å². The van der Waals surface area contributed by atoms with Crippen LogP contribution in [0, 0.1) is 0 Å². The standard InChI is InChI=1S/C19H19ClN2/c20-17-11-16(10-15-6-8-22-18(15)17)19(7-9-21-13-19)12-14-4-2-1-3-5-14/h1-6,8,10-11,21-22H,7,9,12-13H2. The Kier molecular flexibility index (Phi) is 3.44. The van der Waals surface area contributed by atoms with Gasteiger partial charge in [-0.1, -0.05) is 41.9 Å². The number of fused-ring (bicyclic) bond motifs is 1. The normalized spacial score (nSPS) is 21.5. The van der Waals surface area contributed by atoms with Crippen LogP contribution in [0.5, 0.6) is 0 Å². The molecule has 0 amide bonds. The summed E-state index contributed by atoms with van der Waals surface area (Å²) in [4.78, 5) is 3.22. The van der Waals surface area contributed by atoms with Gasteiger partial charge < -0.3 is 10.3 Å². The number of nitrogens with one attached hydrogen (secondary N) is 2. The molecular formula is C19H19ClN2. The van der Waals surface area contributed by atoms with Gasteiger partial charge in [-0.2, -0.15) is 0 Å². The summed E-state index contributed by atoms with van der Waals surface area (Å²) in [5, 5.41) is 5.56. The lowest BCUT2D eigenvalue weighted by Gasteiger charge is -2.29. The van der Waals surface area contributed by atoms with Gasteiger partial charge in [0.25, 0.3) is 0 Å². The van der Waals surface area contributed by atoms with Crippen LogP contribution in [0.1, 0.15) is 17.5 Å². The van der Waals surface area contributed by atoms with Crippen LogP contribution in [0.4, 0.5) is 0 Å². The summed E-state index contributed by atoms with van der Waals surface area (Å²) in [5.41, 5.74) is 3.90. The molecule has 0 radical (unpaired) electrons. The molecule has 1 aliphatic rings. The number of rotatable bonds is 3. The first-order chi connectivity index (χ1) is 10.8. The Hall–Kier alpha value is -1.77. The van der Waals surface area contributed by atoms with Crippen molar-refractivity contribution in [3.8, 4) is 0 Å². The highest BCUT2D eigenvalue weighted by molar-refractivity contribution is 6.35. The fraction of sp³-hybridized carbons (Fsp3) is 0.263. The van der Waals surface area contributed by atoms with E-state index in [9.17, 15) is 0 Å². The third-order valence-electron chi connectivity index (χ3n) is 4.85. The van der Waals surface area contributed by atoms with Crippen molar-refractivity contribution in [3.05, 3.63) is 70.9 Å². The molecule has 1 fully saturated rings. The van der Waals surface area contributed by atoms with E-state index >= 15 is 0 Å². The summed E-state index contributed by atoms with van der Waals surface area (Å²) in [6.45, 7) is 2.07. The van der Waals surface area contributed by atoms with Gasteiger partial charge in [0.05, 0.1) is 10.5 Å². The molecule has 22 heavy (non-hydrogen) atoms. The summed E-state index contributed by atoms with van der Waals surface area (Å²) in [7, 11) is 0. The van der Waals surface area contributed by atoms with Crippen molar-refractivity contribution in [3.63, 3.8) is 0 Å². The fourth-order valence-corrected chi connectivity index (χ4v) is 3.94. The molecule has 4 rings (SSSR count). The summed E-state index contributed by atoms with van der Waals surface area (Å²) < 4.78 is 0. The first-order valence-corrected chi connectivity index (χ1v) is 8.16. The van der Waals surface area contributed by atoms with Gasteiger partial charge in [0.2, 0.25) is 0 Å². The van der Waals surface area contributed by atoms with Crippen molar-refractivity contribution in [1.29, 1.82) is 0 Å². The third kappa shape index (κ3) is 2.33. The second-order valence-corrected chi connectivity index (χ2v) is 6.68. The molecular weight excluding hydrogens is 292 g/mol. The van der Waals surface area contributed by atoms with E-state index in [1.807, 2.05) is 6.20 Å². The minimum atomic E-state index is 0.135. The molecule has 1 saturated heterocycles. The van der Waals surface area contributed by atoms with Crippen LogP contribution >= 0.6 is 11.6 Å². The molecule has 0 bridgehead atoms. The minimum Gasteiger partial charge on any atom is -0.360 e. The van der Waals surface area contributed by atoms with Gasteiger partial charge in [0.15, 0.2) is 0 Å². The van der Waals surface area contributed by atoms with Crippen LogP contribution < -0.4 is 5.32 Å². The molecule has 2 aromatic carbocycles. The van der Waals surface area contributed by atoms with Gasteiger partial charge in [-0.15, -0.1) is 0 Å². The average Bonchev–Trinajstić information content (AvgIpc) is 3.18. The molecule has 112 valence electrons. The van der Waals surface area contributed by atoms with E-state index in [-0.39, 0.29) is 5.41 Å². The number of halogens is 1. The predicted octanol–water partition coefficient (Wildman–Crippen LogP) is 4.30. The zero-order valence-electron chi connectivity index (χ0n) is 12.4. The quantitative estimate of drug-likeness (QED) is 0.742. The Labute approximate surface area is 135 Å². The second kappa shape index (κ2) is 5.45. The number of benzene rings is 2. The molecule has 1 atom stereocenters. The zero-order chi connectivity index (χ0) is 15.0. The highest BCUT2D eigenvalue weighted by Gasteiger charge is 2.36. The highest BCUT2D eigenvalue weighted by Crippen LogP contribution is 2.38. The number of hydrogen-bond acceptors (Lipinski definition) is 1. The largest absolute Gasteiger partial charge is 0.360 e. The Bertz CT molecular complexity index is 786. The van der Waals surface area contributed by atoms with E-state index in [1.165, 1.54) is 16.5 Å². The molecule has 3 heteroatoms. The summed E-state index contributed by atoms with van der Waals surface area (Å²) in [6, 6.07) is 17.3. The summed E-state index contributed by atoms with van der Waals surface area (Å²) in [6.07, 6.45) is 4.15. The first-order valence-electron chi connectivity index (χ1n) is 7.79. The minimum absolute atomic E-state index is 0.135. The van der Waals surface area contributed by atoms with Gasteiger partial charge >= 0.3 is 0 Å². The third-order valence-corrected chi connectivity index (χ3v) is 5.15. The van der Waals surface area contributed by atoms with E-state index in [0.29, 0.717) is 0 Å². The van der Waals surface area contributed by atoms with Gasteiger partial charge in [0.1, 0.15) is 0 Å². The first kappa shape index (κ1) is 13.9. The Morgan fingerprint density at radius 1 is 1.09 bits per heavy atom. The Morgan fingerprint density at radius 3 is 2.73 bits per heavy atom. The number of H-pyrrole nitrogens is 1. The lowest BCUT2D eigenvalue weighted by molar-refractivity contribution is 0.468. The predicted molar refractivity (Wildman–Crippen MR) is 92.6 cm³/mol. The molecule has 2 N–H and O–H groups in total. The van der Waals surface area contributed by atoms with Crippen LogP contribution in [0.15, 0.2) is 54.7 Å². The fourth-order valence-electron chi connectivity index (χ4n) is 3.66. The van der Waals surface area contributed by atoms with E-state index < -0.39 is 0 Å². The smallest absolute Gasteiger partial charge is 0.0649 e. The Morgan fingerprint density at radius 2 is 1.95 bits per heavy atom. The van der Waals surface area contributed by atoms with Crippen LogP contribution in [-0.2, 0) is 11.8 Å². The van der Waals surface area contributed by atoms with Gasteiger partial charge in [-0.3, -0.25) is 0 Å². The number of hydrogen-bond donors (Lipinski definition) is 2. The molecule has 0 saturated carbocycles. The molecule has 0 spiro atoms. The van der Waals surface area contributed by atoms with Crippen molar-refractivity contribution in [2.45, 2.75) is 18.3 Å². The van der Waals surface area contributed by atoms with Crippen molar-refractivity contribution in [2.75, 3.05) is 13.1 Å². The van der Waals surface area contributed by atoms with E-state index in [2.05, 4.69) is 58.8 Å². The van der Waals surface area contributed by atoms with Crippen molar-refractivity contribution in [1.82, 2.24) is 10.3 Å². The average molecular weight is 311 g/mol. The van der Waals surface area contributed by atoms with Crippen molar-refractivity contribution >= 4 is 22.5 Å². The maximum Gasteiger partial charge on any atom is 0.0649 e. The monoisotopic (exact) mass is 310 g/mol.